The highest BCUT2D eigenvalue weighted by molar-refractivity contribution is 5.95. The molecule has 2 aliphatic rings. The van der Waals surface area contributed by atoms with E-state index in [0.29, 0.717) is 5.56 Å². The summed E-state index contributed by atoms with van der Waals surface area (Å²) in [7, 11) is 1.67. The maximum atomic E-state index is 12.9. The molecule has 0 aliphatic heterocycles. The molecule has 2 aromatic rings. The molecule has 1 amide bonds. The van der Waals surface area contributed by atoms with Crippen molar-refractivity contribution in [3.63, 3.8) is 0 Å². The molecular weight excluding hydrogens is 352 g/mol. The maximum Gasteiger partial charge on any atom is 0.251 e. The molecule has 2 aliphatic carbocycles. The maximum absolute atomic E-state index is 12.9. The number of methoxy groups -OCH3 is 1. The second-order valence-electron chi connectivity index (χ2n) is 7.49. The zero-order valence-electron chi connectivity index (χ0n) is 16.0. The molecule has 5 N–H and O–H groups in total. The average Bonchev–Trinajstić information content (AvgIpc) is 3.10. The van der Waals surface area contributed by atoms with Crippen molar-refractivity contribution in [3.8, 4) is 0 Å². The van der Waals surface area contributed by atoms with Crippen molar-refractivity contribution in [3.05, 3.63) is 70.3 Å². The Hall–Kier alpha value is -2.86. The summed E-state index contributed by atoms with van der Waals surface area (Å²) in [5.41, 5.74) is 16.6. The van der Waals surface area contributed by atoms with Crippen LogP contribution in [0.5, 0.6) is 0 Å². The number of guanidine groups is 1. The predicted octanol–water partition coefficient (Wildman–Crippen LogP) is 2.38. The number of benzene rings is 2. The molecule has 0 radical (unpaired) electrons. The lowest BCUT2D eigenvalue weighted by Crippen LogP contribution is -2.32. The Labute approximate surface area is 165 Å². The monoisotopic (exact) mass is 378 g/mol. The Bertz CT molecular complexity index is 921. The summed E-state index contributed by atoms with van der Waals surface area (Å²) < 4.78 is 5.59. The van der Waals surface area contributed by atoms with Crippen LogP contribution in [-0.4, -0.2) is 25.1 Å². The summed E-state index contributed by atoms with van der Waals surface area (Å²) in [6, 6.07) is 13.9. The van der Waals surface area contributed by atoms with E-state index >= 15 is 0 Å². The van der Waals surface area contributed by atoms with Crippen LogP contribution >= 0.6 is 0 Å². The molecule has 6 nitrogen and oxygen atoms in total. The van der Waals surface area contributed by atoms with Gasteiger partial charge in [0.2, 0.25) is 0 Å². The van der Waals surface area contributed by atoms with Crippen molar-refractivity contribution in [1.82, 2.24) is 5.32 Å². The van der Waals surface area contributed by atoms with Crippen molar-refractivity contribution in [2.24, 2.45) is 16.5 Å². The fourth-order valence-electron chi connectivity index (χ4n) is 4.40. The molecule has 146 valence electrons. The number of aryl methyl sites for hydroxylation is 2. The van der Waals surface area contributed by atoms with Gasteiger partial charge in [-0.15, -0.1) is 0 Å². The summed E-state index contributed by atoms with van der Waals surface area (Å²) in [6.07, 6.45) is 3.54. The Morgan fingerprint density at radius 3 is 2.61 bits per heavy atom. The quantitative estimate of drug-likeness (QED) is 0.561. The van der Waals surface area contributed by atoms with Gasteiger partial charge < -0.3 is 21.5 Å². The van der Waals surface area contributed by atoms with Gasteiger partial charge in [-0.1, -0.05) is 30.3 Å². The highest BCUT2D eigenvalue weighted by atomic mass is 16.5. The third-order valence-corrected chi connectivity index (χ3v) is 5.81. The molecule has 0 unspecified atom stereocenters. The number of carbonyl (C=O) groups is 1. The van der Waals surface area contributed by atoms with Crippen molar-refractivity contribution < 1.29 is 9.53 Å². The summed E-state index contributed by atoms with van der Waals surface area (Å²) in [4.78, 5) is 17.3. The Morgan fingerprint density at radius 2 is 1.82 bits per heavy atom. The van der Waals surface area contributed by atoms with Gasteiger partial charge >= 0.3 is 0 Å². The van der Waals surface area contributed by atoms with Gasteiger partial charge in [-0.2, -0.15) is 0 Å². The number of rotatable bonds is 4. The van der Waals surface area contributed by atoms with Gasteiger partial charge in [-0.3, -0.25) is 4.79 Å². The summed E-state index contributed by atoms with van der Waals surface area (Å²) in [5.74, 6) is -0.0511. The van der Waals surface area contributed by atoms with E-state index in [1.54, 1.807) is 7.11 Å². The topological polar surface area (TPSA) is 103 Å². The first-order valence-electron chi connectivity index (χ1n) is 9.70. The lowest BCUT2D eigenvalue weighted by molar-refractivity contribution is 0.0684. The minimum absolute atomic E-state index is 0.0253. The molecule has 0 aromatic heterocycles. The van der Waals surface area contributed by atoms with Crippen LogP contribution < -0.4 is 16.8 Å². The number of ether oxygens (including phenoxy) is 1. The summed E-state index contributed by atoms with van der Waals surface area (Å²) in [5, 5.41) is 3.18. The van der Waals surface area contributed by atoms with Crippen LogP contribution in [0.25, 0.3) is 0 Å². The van der Waals surface area contributed by atoms with E-state index in [0.717, 1.165) is 36.8 Å². The van der Waals surface area contributed by atoms with E-state index in [1.807, 2.05) is 30.3 Å². The number of hydrogen-bond acceptors (Lipinski definition) is 3. The minimum Gasteiger partial charge on any atom is -0.379 e. The number of carbonyl (C=O) groups excluding carboxylic acids is 1. The van der Waals surface area contributed by atoms with Gasteiger partial charge in [0.15, 0.2) is 5.96 Å². The van der Waals surface area contributed by atoms with Crippen LogP contribution in [0, 0.1) is 0 Å². The number of nitrogens with two attached hydrogens (primary N) is 2. The smallest absolute Gasteiger partial charge is 0.251 e. The lowest BCUT2D eigenvalue weighted by atomic mass is 9.84. The van der Waals surface area contributed by atoms with Gasteiger partial charge in [-0.25, -0.2) is 4.99 Å². The molecule has 6 heteroatoms. The number of amides is 1. The zero-order chi connectivity index (χ0) is 19.7. The van der Waals surface area contributed by atoms with Gasteiger partial charge in [-0.05, 0) is 60.1 Å². The number of hydrogen-bond donors (Lipinski definition) is 3. The summed E-state index contributed by atoms with van der Waals surface area (Å²) in [6.45, 7) is 0. The molecule has 3 atom stereocenters. The Kier molecular flexibility index (Phi) is 5.05. The molecular formula is C22H26N4O2. The SMILES string of the molecule is CO[C@H]1CCc2ccc(C(=O)N[C@H]3CCc4ccccc43)cc2[C@@H]1N=C(N)N. The van der Waals surface area contributed by atoms with Crippen molar-refractivity contribution in [1.29, 1.82) is 0 Å². The van der Waals surface area contributed by atoms with Gasteiger partial charge in [0, 0.05) is 12.7 Å². The van der Waals surface area contributed by atoms with Crippen molar-refractivity contribution >= 4 is 11.9 Å². The zero-order valence-corrected chi connectivity index (χ0v) is 16.0. The first-order valence-corrected chi connectivity index (χ1v) is 9.70. The van der Waals surface area contributed by atoms with Gasteiger partial charge in [0.25, 0.3) is 5.91 Å². The number of nitrogens with zero attached hydrogens (tertiary/aromatic N) is 1. The highest BCUT2D eigenvalue weighted by Gasteiger charge is 2.31. The van der Waals surface area contributed by atoms with Gasteiger partial charge in [0.05, 0.1) is 12.1 Å². The van der Waals surface area contributed by atoms with E-state index in [4.69, 9.17) is 16.2 Å². The van der Waals surface area contributed by atoms with Crippen LogP contribution in [0.4, 0.5) is 0 Å². The van der Waals surface area contributed by atoms with E-state index in [-0.39, 0.29) is 30.1 Å². The predicted molar refractivity (Wildman–Crippen MR) is 109 cm³/mol. The molecule has 2 aromatic carbocycles. The van der Waals surface area contributed by atoms with E-state index in [9.17, 15) is 4.79 Å². The Balaban J connectivity index is 1.60. The van der Waals surface area contributed by atoms with Crippen LogP contribution in [0.2, 0.25) is 0 Å². The van der Waals surface area contributed by atoms with Crippen LogP contribution in [-0.2, 0) is 17.6 Å². The second kappa shape index (κ2) is 7.64. The third-order valence-electron chi connectivity index (χ3n) is 5.81. The van der Waals surface area contributed by atoms with Crippen LogP contribution in [0.1, 0.15) is 57.5 Å². The first kappa shape index (κ1) is 18.5. The van der Waals surface area contributed by atoms with Gasteiger partial charge in [0.1, 0.15) is 6.04 Å². The molecule has 0 bridgehead atoms. The third kappa shape index (κ3) is 3.47. The standard InChI is InChI=1S/C22H26N4O2/c1-28-19-11-9-14-6-7-15(12-17(14)20(19)26-22(23)24)21(27)25-18-10-8-13-4-2-3-5-16(13)18/h2-7,12,18-20H,8-11H2,1H3,(H,25,27)(H4,23,24,26)/t18-,19-,20-/m0/s1. The molecule has 4 rings (SSSR count). The number of nitrogens with one attached hydrogen (secondary N) is 1. The molecule has 0 saturated carbocycles. The van der Waals surface area contributed by atoms with Crippen LogP contribution in [0.3, 0.4) is 0 Å². The molecule has 28 heavy (non-hydrogen) atoms. The molecule has 0 saturated heterocycles. The number of aliphatic imine (C=N–C) groups is 1. The second-order valence-corrected chi connectivity index (χ2v) is 7.49. The number of fused-ring (bicyclic) bond motifs is 2. The van der Waals surface area contributed by atoms with Crippen molar-refractivity contribution in [2.75, 3.05) is 7.11 Å². The molecule has 0 spiro atoms. The highest BCUT2D eigenvalue weighted by Crippen LogP contribution is 2.36. The first-order chi connectivity index (χ1) is 13.6. The van der Waals surface area contributed by atoms with E-state index in [2.05, 4.69) is 22.4 Å². The Morgan fingerprint density at radius 1 is 1.07 bits per heavy atom. The largest absolute Gasteiger partial charge is 0.379 e. The van der Waals surface area contributed by atoms with Crippen LogP contribution in [0.15, 0.2) is 47.5 Å². The lowest BCUT2D eigenvalue weighted by Gasteiger charge is -2.30. The minimum atomic E-state index is -0.293. The summed E-state index contributed by atoms with van der Waals surface area (Å²) >= 11 is 0. The van der Waals surface area contributed by atoms with E-state index < -0.39 is 0 Å². The normalized spacial score (nSPS) is 22.8. The fraction of sp³-hybridized carbons (Fsp3) is 0.364. The fourth-order valence-corrected chi connectivity index (χ4v) is 4.40. The van der Waals surface area contributed by atoms with Crippen molar-refractivity contribution in [2.45, 2.75) is 43.9 Å². The molecule has 0 heterocycles. The average molecular weight is 378 g/mol. The molecule has 0 fully saturated rings. The van der Waals surface area contributed by atoms with E-state index in [1.165, 1.54) is 11.1 Å².